The van der Waals surface area contributed by atoms with Gasteiger partial charge in [0, 0.05) is 12.7 Å². The molecule has 0 radical (unpaired) electrons. The lowest BCUT2D eigenvalue weighted by Crippen LogP contribution is -2.02. The highest BCUT2D eigenvalue weighted by Gasteiger charge is 2.17. The minimum atomic E-state index is -3.41. The van der Waals surface area contributed by atoms with Crippen LogP contribution in [-0.2, 0) is 9.84 Å². The molecule has 2 rings (SSSR count). The van der Waals surface area contributed by atoms with E-state index in [-0.39, 0.29) is 0 Å². The summed E-state index contributed by atoms with van der Waals surface area (Å²) in [7, 11) is -1.62. The fourth-order valence-corrected chi connectivity index (χ4v) is 3.08. The van der Waals surface area contributed by atoms with Gasteiger partial charge in [-0.3, -0.25) is 0 Å². The highest BCUT2D eigenvalue weighted by atomic mass is 32.2. The smallest absolute Gasteiger partial charge is 0.206 e. The van der Waals surface area contributed by atoms with Crippen LogP contribution in [0.5, 0.6) is 0 Å². The van der Waals surface area contributed by atoms with E-state index in [0.717, 1.165) is 11.3 Å². The van der Waals surface area contributed by atoms with Crippen molar-refractivity contribution < 1.29 is 8.42 Å². The molecule has 0 saturated carbocycles. The highest BCUT2D eigenvalue weighted by Crippen LogP contribution is 2.22. The van der Waals surface area contributed by atoms with Gasteiger partial charge in [-0.05, 0) is 48.9 Å². The van der Waals surface area contributed by atoms with Crippen molar-refractivity contribution in [2.24, 2.45) is 0 Å². The van der Waals surface area contributed by atoms with E-state index in [1.54, 1.807) is 49.5 Å². The fourth-order valence-electron chi connectivity index (χ4n) is 1.72. The first-order valence-corrected chi connectivity index (χ1v) is 7.12. The van der Waals surface area contributed by atoms with Crippen LogP contribution in [0.3, 0.4) is 0 Å². The molecule has 0 unspecified atom stereocenters. The van der Waals surface area contributed by atoms with E-state index in [4.69, 9.17) is 0 Å². The summed E-state index contributed by atoms with van der Waals surface area (Å²) >= 11 is 0. The number of hydrogen-bond donors (Lipinski definition) is 1. The zero-order valence-corrected chi connectivity index (χ0v) is 11.2. The predicted octanol–water partition coefficient (Wildman–Crippen LogP) is 2.87. The van der Waals surface area contributed by atoms with E-state index >= 15 is 0 Å². The zero-order chi connectivity index (χ0) is 13.2. The molecule has 0 saturated heterocycles. The van der Waals surface area contributed by atoms with Crippen LogP contribution in [0, 0.1) is 6.92 Å². The number of sulfone groups is 1. The Morgan fingerprint density at radius 1 is 0.944 bits per heavy atom. The lowest BCUT2D eigenvalue weighted by atomic mass is 10.2. The molecule has 18 heavy (non-hydrogen) atoms. The molecule has 0 aromatic heterocycles. The fraction of sp³-hybridized carbons (Fsp3) is 0.143. The molecule has 0 aliphatic heterocycles. The minimum absolute atomic E-state index is 0.312. The van der Waals surface area contributed by atoms with Gasteiger partial charge in [-0.15, -0.1) is 0 Å². The molecule has 2 aromatic carbocycles. The second-order valence-electron chi connectivity index (χ2n) is 4.09. The Kier molecular flexibility index (Phi) is 3.39. The maximum Gasteiger partial charge on any atom is 0.206 e. The normalized spacial score (nSPS) is 11.2. The Bertz CT molecular complexity index is 646. The minimum Gasteiger partial charge on any atom is -0.388 e. The molecule has 0 aliphatic rings. The van der Waals surface area contributed by atoms with Gasteiger partial charge in [-0.2, -0.15) is 0 Å². The van der Waals surface area contributed by atoms with Crippen LogP contribution in [0.1, 0.15) is 5.56 Å². The SMILES string of the molecule is CNc1ccc(S(=O)(=O)c2cccc(C)c2)cc1. The van der Waals surface area contributed by atoms with Crippen LogP contribution >= 0.6 is 0 Å². The molecule has 0 heterocycles. The lowest BCUT2D eigenvalue weighted by molar-refractivity contribution is 0.596. The number of aryl methyl sites for hydroxylation is 1. The van der Waals surface area contributed by atoms with Crippen molar-refractivity contribution in [1.29, 1.82) is 0 Å². The quantitative estimate of drug-likeness (QED) is 0.924. The summed E-state index contributed by atoms with van der Waals surface area (Å²) in [6.07, 6.45) is 0. The maximum atomic E-state index is 12.4. The predicted molar refractivity (Wildman–Crippen MR) is 72.6 cm³/mol. The van der Waals surface area contributed by atoms with Crippen LogP contribution in [0.25, 0.3) is 0 Å². The molecular weight excluding hydrogens is 246 g/mol. The van der Waals surface area contributed by atoms with Crippen LogP contribution in [0.15, 0.2) is 58.3 Å². The van der Waals surface area contributed by atoms with Gasteiger partial charge in [0.15, 0.2) is 0 Å². The molecule has 0 aliphatic carbocycles. The molecule has 1 N–H and O–H groups in total. The Morgan fingerprint density at radius 3 is 2.17 bits per heavy atom. The van der Waals surface area contributed by atoms with Crippen molar-refractivity contribution in [2.75, 3.05) is 12.4 Å². The molecule has 0 spiro atoms. The monoisotopic (exact) mass is 261 g/mol. The Hall–Kier alpha value is -1.81. The van der Waals surface area contributed by atoms with Gasteiger partial charge in [0.1, 0.15) is 0 Å². The van der Waals surface area contributed by atoms with E-state index in [1.807, 2.05) is 13.0 Å². The zero-order valence-electron chi connectivity index (χ0n) is 10.3. The third-order valence-electron chi connectivity index (χ3n) is 2.75. The number of nitrogens with one attached hydrogen (secondary N) is 1. The first kappa shape index (κ1) is 12.6. The summed E-state index contributed by atoms with van der Waals surface area (Å²) in [5, 5.41) is 2.96. The van der Waals surface area contributed by atoms with Gasteiger partial charge in [-0.25, -0.2) is 8.42 Å². The molecule has 4 heteroatoms. The molecule has 2 aromatic rings. The summed E-state index contributed by atoms with van der Waals surface area (Å²) in [6.45, 7) is 1.88. The molecule has 94 valence electrons. The topological polar surface area (TPSA) is 46.2 Å². The van der Waals surface area contributed by atoms with E-state index < -0.39 is 9.84 Å². The number of hydrogen-bond acceptors (Lipinski definition) is 3. The van der Waals surface area contributed by atoms with Gasteiger partial charge in [0.25, 0.3) is 0 Å². The second-order valence-corrected chi connectivity index (χ2v) is 6.04. The summed E-state index contributed by atoms with van der Waals surface area (Å²) in [5.74, 6) is 0. The Morgan fingerprint density at radius 2 is 1.61 bits per heavy atom. The van der Waals surface area contributed by atoms with Gasteiger partial charge >= 0.3 is 0 Å². The second kappa shape index (κ2) is 4.82. The summed E-state index contributed by atoms with van der Waals surface area (Å²) in [4.78, 5) is 0.645. The van der Waals surface area contributed by atoms with Crippen LogP contribution in [0.4, 0.5) is 5.69 Å². The number of rotatable bonds is 3. The standard InChI is InChI=1S/C14H15NO2S/c1-11-4-3-5-14(10-11)18(16,17)13-8-6-12(15-2)7-9-13/h3-10,15H,1-2H3. The van der Waals surface area contributed by atoms with Crippen molar-refractivity contribution in [2.45, 2.75) is 16.7 Å². The van der Waals surface area contributed by atoms with E-state index in [1.165, 1.54) is 0 Å². The average Bonchev–Trinajstić information content (AvgIpc) is 2.39. The van der Waals surface area contributed by atoms with Crippen molar-refractivity contribution >= 4 is 15.5 Å². The maximum absolute atomic E-state index is 12.4. The lowest BCUT2D eigenvalue weighted by Gasteiger charge is -2.06. The summed E-state index contributed by atoms with van der Waals surface area (Å²) in [6, 6.07) is 13.7. The van der Waals surface area contributed by atoms with E-state index in [2.05, 4.69) is 5.32 Å². The molecule has 0 atom stereocenters. The molecular formula is C14H15NO2S. The molecule has 0 amide bonds. The molecule has 3 nitrogen and oxygen atoms in total. The van der Waals surface area contributed by atoms with Gasteiger partial charge in [-0.1, -0.05) is 12.1 Å². The summed E-state index contributed by atoms with van der Waals surface area (Å²) in [5.41, 5.74) is 1.82. The number of anilines is 1. The average molecular weight is 261 g/mol. The van der Waals surface area contributed by atoms with Crippen molar-refractivity contribution in [3.63, 3.8) is 0 Å². The van der Waals surface area contributed by atoms with Crippen LogP contribution in [-0.4, -0.2) is 15.5 Å². The third-order valence-corrected chi connectivity index (χ3v) is 4.52. The summed E-state index contributed by atoms with van der Waals surface area (Å²) < 4.78 is 24.7. The van der Waals surface area contributed by atoms with Gasteiger partial charge in [0.2, 0.25) is 9.84 Å². The van der Waals surface area contributed by atoms with E-state index in [9.17, 15) is 8.42 Å². The van der Waals surface area contributed by atoms with Gasteiger partial charge < -0.3 is 5.32 Å². The molecule has 0 fully saturated rings. The highest BCUT2D eigenvalue weighted by molar-refractivity contribution is 7.91. The Balaban J connectivity index is 2.47. The number of benzene rings is 2. The van der Waals surface area contributed by atoms with Crippen molar-refractivity contribution in [3.8, 4) is 0 Å². The molecule has 0 bridgehead atoms. The third kappa shape index (κ3) is 2.38. The van der Waals surface area contributed by atoms with E-state index in [0.29, 0.717) is 9.79 Å². The first-order chi connectivity index (χ1) is 8.54. The van der Waals surface area contributed by atoms with Crippen molar-refractivity contribution in [3.05, 3.63) is 54.1 Å². The van der Waals surface area contributed by atoms with Crippen molar-refractivity contribution in [1.82, 2.24) is 0 Å². The Labute approximate surface area is 107 Å². The van der Waals surface area contributed by atoms with Gasteiger partial charge in [0.05, 0.1) is 9.79 Å². The first-order valence-electron chi connectivity index (χ1n) is 5.63. The largest absolute Gasteiger partial charge is 0.388 e. The van der Waals surface area contributed by atoms with Crippen LogP contribution < -0.4 is 5.32 Å². The van der Waals surface area contributed by atoms with Crippen LogP contribution in [0.2, 0.25) is 0 Å².